The lowest BCUT2D eigenvalue weighted by atomic mass is 9.86. The number of allylic oxidation sites excluding steroid dienone is 2. The molecule has 0 unspecified atom stereocenters. The molecule has 1 rings (SSSR count). The highest BCUT2D eigenvalue weighted by Gasteiger charge is 2.53. The molecule has 0 aliphatic heterocycles. The van der Waals surface area contributed by atoms with E-state index in [1.165, 1.54) is 19.3 Å². The minimum absolute atomic E-state index is 0.0202. The molecule has 5 nitrogen and oxygen atoms in total. The first-order valence-corrected chi connectivity index (χ1v) is 9.99. The summed E-state index contributed by atoms with van der Waals surface area (Å²) in [5, 5.41) is 30.2. The minimum atomic E-state index is -2.05. The van der Waals surface area contributed by atoms with E-state index in [0.717, 1.165) is 19.3 Å². The molecule has 156 valence electrons. The first-order valence-electron chi connectivity index (χ1n) is 9.99. The molecular weight excluding hydrogens is 351 g/mol. The van der Waals surface area contributed by atoms with Gasteiger partial charge < -0.3 is 20.1 Å². The molecule has 0 aromatic carbocycles. The number of alkyl halides is 1. The molecule has 0 saturated heterocycles. The average Bonchev–Trinajstić information content (AvgIpc) is 2.85. The van der Waals surface area contributed by atoms with Crippen molar-refractivity contribution in [2.24, 2.45) is 5.92 Å². The lowest BCUT2D eigenvalue weighted by Crippen LogP contribution is -2.38. The third kappa shape index (κ3) is 7.72. The summed E-state index contributed by atoms with van der Waals surface area (Å²) in [6, 6.07) is 0. The molecule has 1 saturated carbocycles. The second-order valence-corrected chi connectivity index (χ2v) is 7.35. The van der Waals surface area contributed by atoms with Crippen LogP contribution in [0.25, 0.3) is 0 Å². The quantitative estimate of drug-likeness (QED) is 0.272. The van der Waals surface area contributed by atoms with Crippen molar-refractivity contribution in [1.29, 1.82) is 0 Å². The van der Waals surface area contributed by atoms with E-state index in [4.69, 9.17) is 0 Å². The SMILES string of the molecule is CCCCC[C@@H](O)/C=C/[C@@]1(F)[C@H](C/C=C\CCCC(=O)OC)[C@H](O)C[C@@H]1O. The second-order valence-electron chi connectivity index (χ2n) is 7.35. The topological polar surface area (TPSA) is 87.0 Å². The summed E-state index contributed by atoms with van der Waals surface area (Å²) < 4.78 is 20.0. The van der Waals surface area contributed by atoms with E-state index in [1.54, 1.807) is 6.08 Å². The van der Waals surface area contributed by atoms with Gasteiger partial charge in [-0.25, -0.2) is 4.39 Å². The van der Waals surface area contributed by atoms with Crippen molar-refractivity contribution >= 4 is 5.97 Å². The highest BCUT2D eigenvalue weighted by molar-refractivity contribution is 5.69. The molecular formula is C21H35FO5. The summed E-state index contributed by atoms with van der Waals surface area (Å²) in [6.07, 6.45) is 8.67. The fourth-order valence-electron chi connectivity index (χ4n) is 3.47. The maximum absolute atomic E-state index is 15.4. The Balaban J connectivity index is 2.58. The van der Waals surface area contributed by atoms with Crippen molar-refractivity contribution in [1.82, 2.24) is 0 Å². The van der Waals surface area contributed by atoms with Crippen LogP contribution >= 0.6 is 0 Å². The number of hydrogen-bond acceptors (Lipinski definition) is 5. The van der Waals surface area contributed by atoms with Crippen molar-refractivity contribution in [2.45, 2.75) is 88.7 Å². The number of halogens is 1. The summed E-state index contributed by atoms with van der Waals surface area (Å²) in [6.45, 7) is 2.07. The van der Waals surface area contributed by atoms with Crippen molar-refractivity contribution in [3.8, 4) is 0 Å². The van der Waals surface area contributed by atoms with Gasteiger partial charge in [0.1, 0.15) is 0 Å². The lowest BCUT2D eigenvalue weighted by Gasteiger charge is -2.27. The Morgan fingerprint density at radius 3 is 2.70 bits per heavy atom. The van der Waals surface area contributed by atoms with Crippen LogP contribution < -0.4 is 0 Å². The van der Waals surface area contributed by atoms with E-state index < -0.39 is 29.9 Å². The van der Waals surface area contributed by atoms with E-state index in [9.17, 15) is 20.1 Å². The van der Waals surface area contributed by atoms with Crippen molar-refractivity contribution < 1.29 is 29.2 Å². The monoisotopic (exact) mass is 386 g/mol. The second kappa shape index (κ2) is 12.3. The van der Waals surface area contributed by atoms with Gasteiger partial charge in [-0.2, -0.15) is 0 Å². The van der Waals surface area contributed by atoms with Crippen LogP contribution in [0.15, 0.2) is 24.3 Å². The van der Waals surface area contributed by atoms with E-state index in [0.29, 0.717) is 25.7 Å². The Kier molecular flexibility index (Phi) is 10.8. The number of esters is 1. The fourth-order valence-corrected chi connectivity index (χ4v) is 3.47. The highest BCUT2D eigenvalue weighted by atomic mass is 19.1. The zero-order valence-electron chi connectivity index (χ0n) is 16.5. The number of aliphatic hydroxyl groups excluding tert-OH is 3. The van der Waals surface area contributed by atoms with Gasteiger partial charge >= 0.3 is 5.97 Å². The first-order chi connectivity index (χ1) is 12.8. The van der Waals surface area contributed by atoms with Crippen LogP contribution in [0.3, 0.4) is 0 Å². The number of hydrogen-bond donors (Lipinski definition) is 3. The standard InChI is InChI=1S/C21H35FO5/c1-3-4-7-10-16(23)13-14-21(22)17(18(24)15-19(21)25)11-8-5-6-9-12-20(26)27-2/h5,8,13-14,16-19,23-25H,3-4,6-7,9-12,15H2,1-2H3/b8-5-,14-13+/t16-,17-,18-,19+,21-/m1/s1. The van der Waals surface area contributed by atoms with Crippen LogP contribution in [-0.2, 0) is 9.53 Å². The number of rotatable bonds is 12. The molecule has 1 fully saturated rings. The van der Waals surface area contributed by atoms with Crippen LogP contribution in [0, 0.1) is 5.92 Å². The van der Waals surface area contributed by atoms with Gasteiger partial charge in [0, 0.05) is 18.8 Å². The van der Waals surface area contributed by atoms with E-state index in [2.05, 4.69) is 11.7 Å². The number of carbonyl (C=O) groups is 1. The molecule has 5 atom stereocenters. The molecule has 0 heterocycles. The zero-order chi connectivity index (χ0) is 20.3. The molecule has 0 spiro atoms. The summed E-state index contributed by atoms with van der Waals surface area (Å²) >= 11 is 0. The number of ether oxygens (including phenoxy) is 1. The fraction of sp³-hybridized carbons (Fsp3) is 0.762. The Bertz CT molecular complexity index is 493. The van der Waals surface area contributed by atoms with E-state index in [-0.39, 0.29) is 18.8 Å². The van der Waals surface area contributed by atoms with Gasteiger partial charge in [-0.1, -0.05) is 44.4 Å². The molecule has 1 aliphatic carbocycles. The Morgan fingerprint density at radius 1 is 1.30 bits per heavy atom. The largest absolute Gasteiger partial charge is 0.469 e. The van der Waals surface area contributed by atoms with Crippen LogP contribution in [0.5, 0.6) is 0 Å². The van der Waals surface area contributed by atoms with Crippen LogP contribution in [0.1, 0.15) is 64.7 Å². The zero-order valence-corrected chi connectivity index (χ0v) is 16.5. The summed E-state index contributed by atoms with van der Waals surface area (Å²) in [4.78, 5) is 11.0. The number of unbranched alkanes of at least 4 members (excludes halogenated alkanes) is 3. The highest BCUT2D eigenvalue weighted by Crippen LogP contribution is 2.43. The predicted molar refractivity (Wildman–Crippen MR) is 103 cm³/mol. The first kappa shape index (κ1) is 23.8. The number of methoxy groups -OCH3 is 1. The van der Waals surface area contributed by atoms with Gasteiger partial charge in [0.15, 0.2) is 5.67 Å². The normalized spacial score (nSPS) is 29.6. The van der Waals surface area contributed by atoms with Crippen LogP contribution in [-0.4, -0.2) is 52.4 Å². The summed E-state index contributed by atoms with van der Waals surface area (Å²) in [5.74, 6) is -1.02. The Hall–Kier alpha value is -1.24. The smallest absolute Gasteiger partial charge is 0.305 e. The van der Waals surface area contributed by atoms with Crippen molar-refractivity contribution in [3.63, 3.8) is 0 Å². The summed E-state index contributed by atoms with van der Waals surface area (Å²) in [7, 11) is 1.35. The third-order valence-electron chi connectivity index (χ3n) is 5.22. The van der Waals surface area contributed by atoms with Crippen LogP contribution in [0.4, 0.5) is 4.39 Å². The van der Waals surface area contributed by atoms with Gasteiger partial charge in [0.25, 0.3) is 0 Å². The molecule has 0 bridgehead atoms. The predicted octanol–water partition coefficient (Wildman–Crippen LogP) is 3.22. The Morgan fingerprint density at radius 2 is 2.04 bits per heavy atom. The maximum atomic E-state index is 15.4. The molecule has 0 aromatic heterocycles. The Labute approximate surface area is 161 Å². The third-order valence-corrected chi connectivity index (χ3v) is 5.22. The minimum Gasteiger partial charge on any atom is -0.469 e. The average molecular weight is 387 g/mol. The van der Waals surface area contributed by atoms with Gasteiger partial charge in [0.2, 0.25) is 0 Å². The number of carbonyl (C=O) groups excluding carboxylic acids is 1. The maximum Gasteiger partial charge on any atom is 0.305 e. The molecule has 0 amide bonds. The molecule has 0 aromatic rings. The van der Waals surface area contributed by atoms with E-state index >= 15 is 4.39 Å². The van der Waals surface area contributed by atoms with Crippen molar-refractivity contribution in [2.75, 3.05) is 7.11 Å². The lowest BCUT2D eigenvalue weighted by molar-refractivity contribution is -0.140. The van der Waals surface area contributed by atoms with Gasteiger partial charge in [-0.3, -0.25) is 4.79 Å². The van der Waals surface area contributed by atoms with Crippen LogP contribution in [0.2, 0.25) is 0 Å². The van der Waals surface area contributed by atoms with E-state index in [1.807, 2.05) is 6.08 Å². The molecule has 1 aliphatic rings. The van der Waals surface area contributed by atoms with Gasteiger partial charge in [0.05, 0.1) is 25.4 Å². The molecule has 3 N–H and O–H groups in total. The van der Waals surface area contributed by atoms with Gasteiger partial charge in [-0.05, 0) is 31.8 Å². The van der Waals surface area contributed by atoms with Gasteiger partial charge in [-0.15, -0.1) is 0 Å². The molecule has 6 heteroatoms. The molecule has 27 heavy (non-hydrogen) atoms. The van der Waals surface area contributed by atoms with Crippen molar-refractivity contribution in [3.05, 3.63) is 24.3 Å². The number of aliphatic hydroxyl groups is 3. The molecule has 0 radical (unpaired) electrons. The summed E-state index contributed by atoms with van der Waals surface area (Å²) in [5.41, 5.74) is -2.05.